The zero-order valence-corrected chi connectivity index (χ0v) is 25.0. The van der Waals surface area contributed by atoms with Crippen molar-refractivity contribution in [1.29, 1.82) is 0 Å². The highest BCUT2D eigenvalue weighted by atomic mass is 16.7. The fourth-order valence-corrected chi connectivity index (χ4v) is 5.08. The van der Waals surface area contributed by atoms with Crippen molar-refractivity contribution in [3.63, 3.8) is 0 Å². The van der Waals surface area contributed by atoms with Gasteiger partial charge in [-0.2, -0.15) is 0 Å². The molecule has 1 aliphatic heterocycles. The van der Waals surface area contributed by atoms with Crippen LogP contribution >= 0.6 is 0 Å². The van der Waals surface area contributed by atoms with Gasteiger partial charge < -0.3 is 45.4 Å². The fraction of sp³-hybridized carbons (Fsp3) is 0.967. The number of aliphatic hydroxyl groups is 6. The molecule has 1 saturated heterocycles. The number of nitrogens with one attached hydrogen (secondary N) is 1. The van der Waals surface area contributed by atoms with Crippen LogP contribution in [0, 0.1) is 0 Å². The molecule has 8 atom stereocenters. The highest BCUT2D eigenvalue weighted by molar-refractivity contribution is 5.76. The Morgan fingerprint density at radius 3 is 1.85 bits per heavy atom. The number of unbranched alkanes of at least 4 members (excludes halogenated alkanes) is 13. The Hall–Kier alpha value is -0.850. The largest absolute Gasteiger partial charge is 0.394 e. The average Bonchev–Trinajstić information content (AvgIpc) is 2.95. The predicted octanol–water partition coefficient (Wildman–Crippen LogP) is 2.68. The lowest BCUT2D eigenvalue weighted by molar-refractivity contribution is -0.303. The maximum absolute atomic E-state index is 12.5. The molecule has 10 heteroatoms. The highest BCUT2D eigenvalue weighted by Crippen LogP contribution is 2.23. The van der Waals surface area contributed by atoms with Crippen molar-refractivity contribution in [2.24, 2.45) is 0 Å². The second kappa shape index (κ2) is 22.7. The summed E-state index contributed by atoms with van der Waals surface area (Å²) >= 11 is 0. The molecular weight excluding hydrogens is 518 g/mol. The Labute approximate surface area is 241 Å². The van der Waals surface area contributed by atoms with Crippen LogP contribution in [-0.4, -0.2) is 98.7 Å². The Bertz CT molecular complexity index is 624. The van der Waals surface area contributed by atoms with E-state index in [1.54, 1.807) is 0 Å². The molecule has 0 aromatic carbocycles. The second-order valence-corrected chi connectivity index (χ2v) is 11.4. The lowest BCUT2D eigenvalue weighted by Gasteiger charge is -2.40. The van der Waals surface area contributed by atoms with Crippen molar-refractivity contribution in [3.8, 4) is 0 Å². The molecule has 1 aliphatic rings. The molecule has 0 aromatic heterocycles. The number of hydrogen-bond acceptors (Lipinski definition) is 9. The third-order valence-corrected chi connectivity index (χ3v) is 7.80. The van der Waals surface area contributed by atoms with Gasteiger partial charge in [0.05, 0.1) is 25.4 Å². The van der Waals surface area contributed by atoms with E-state index in [0.717, 1.165) is 38.5 Å². The molecule has 1 rings (SSSR count). The molecule has 0 spiro atoms. The zero-order valence-electron chi connectivity index (χ0n) is 25.0. The fourth-order valence-electron chi connectivity index (χ4n) is 5.08. The smallest absolute Gasteiger partial charge is 0.220 e. The molecule has 8 unspecified atom stereocenters. The Kier molecular flexibility index (Phi) is 21.1. The molecule has 7 N–H and O–H groups in total. The summed E-state index contributed by atoms with van der Waals surface area (Å²) < 4.78 is 10.9. The summed E-state index contributed by atoms with van der Waals surface area (Å²) in [7, 11) is 0. The van der Waals surface area contributed by atoms with Crippen LogP contribution in [0.2, 0.25) is 0 Å². The molecule has 0 radical (unpaired) electrons. The van der Waals surface area contributed by atoms with Crippen molar-refractivity contribution in [2.45, 2.75) is 172 Å². The zero-order chi connectivity index (χ0) is 29.8. The summed E-state index contributed by atoms with van der Waals surface area (Å²) in [4.78, 5) is 12.5. The number of rotatable bonds is 24. The summed E-state index contributed by atoms with van der Waals surface area (Å²) in [5, 5.41) is 63.9. The molecule has 1 fully saturated rings. The standard InChI is InChI=1S/C30H59NO9/c1-3-5-7-8-9-10-11-12-13-14-15-17-18-23(33)26(35)22(31-25(34)19-16-6-4-2)21-39-30-29(38)28(37)27(36)24(20-32)40-30/h22-24,26-30,32-33,35-38H,3-21H2,1-2H3,(H,31,34). The van der Waals surface area contributed by atoms with Gasteiger partial charge in [0, 0.05) is 6.42 Å². The number of amides is 1. The van der Waals surface area contributed by atoms with Gasteiger partial charge in [-0.25, -0.2) is 0 Å². The van der Waals surface area contributed by atoms with Crippen molar-refractivity contribution in [2.75, 3.05) is 13.2 Å². The minimum absolute atomic E-state index is 0.270. The van der Waals surface area contributed by atoms with Gasteiger partial charge in [-0.3, -0.25) is 4.79 Å². The van der Waals surface area contributed by atoms with Gasteiger partial charge in [0.15, 0.2) is 6.29 Å². The number of ether oxygens (including phenoxy) is 2. The van der Waals surface area contributed by atoms with Gasteiger partial charge in [0.1, 0.15) is 30.5 Å². The first-order valence-corrected chi connectivity index (χ1v) is 15.8. The lowest BCUT2D eigenvalue weighted by Crippen LogP contribution is -2.60. The molecule has 10 nitrogen and oxygen atoms in total. The van der Waals surface area contributed by atoms with Crippen LogP contribution in [0.4, 0.5) is 0 Å². The van der Waals surface area contributed by atoms with E-state index < -0.39 is 55.6 Å². The molecule has 40 heavy (non-hydrogen) atoms. The molecule has 0 bridgehead atoms. The number of hydrogen-bond donors (Lipinski definition) is 7. The van der Waals surface area contributed by atoms with Crippen LogP contribution in [0.5, 0.6) is 0 Å². The summed E-state index contributed by atoms with van der Waals surface area (Å²) in [5.74, 6) is -0.285. The van der Waals surface area contributed by atoms with Crippen molar-refractivity contribution >= 4 is 5.91 Å². The minimum atomic E-state index is -1.60. The van der Waals surface area contributed by atoms with Gasteiger partial charge in [-0.05, 0) is 12.8 Å². The topological polar surface area (TPSA) is 169 Å². The van der Waals surface area contributed by atoms with Crippen LogP contribution in [0.15, 0.2) is 0 Å². The normalized spacial score (nSPS) is 25.4. The van der Waals surface area contributed by atoms with Crippen LogP contribution in [-0.2, 0) is 14.3 Å². The molecule has 0 aromatic rings. The first-order chi connectivity index (χ1) is 19.3. The first kappa shape index (κ1) is 37.2. The van der Waals surface area contributed by atoms with Crippen LogP contribution < -0.4 is 5.32 Å². The maximum atomic E-state index is 12.5. The number of carbonyl (C=O) groups is 1. The molecule has 238 valence electrons. The summed E-state index contributed by atoms with van der Waals surface area (Å²) in [5.41, 5.74) is 0. The third kappa shape index (κ3) is 14.9. The number of aliphatic hydroxyl groups excluding tert-OH is 6. The van der Waals surface area contributed by atoms with E-state index in [4.69, 9.17) is 9.47 Å². The average molecular weight is 578 g/mol. The molecule has 1 amide bonds. The van der Waals surface area contributed by atoms with E-state index in [-0.39, 0.29) is 18.9 Å². The number of carbonyl (C=O) groups excluding carboxylic acids is 1. The van der Waals surface area contributed by atoms with Gasteiger partial charge >= 0.3 is 0 Å². The van der Waals surface area contributed by atoms with Crippen molar-refractivity contribution in [3.05, 3.63) is 0 Å². The van der Waals surface area contributed by atoms with Crippen LogP contribution in [0.1, 0.15) is 123 Å². The summed E-state index contributed by atoms with van der Waals surface area (Å²) in [6.07, 6.45) is 7.89. The Morgan fingerprint density at radius 1 is 0.775 bits per heavy atom. The third-order valence-electron chi connectivity index (χ3n) is 7.80. The Balaban J connectivity index is 2.49. The first-order valence-electron chi connectivity index (χ1n) is 15.8. The van der Waals surface area contributed by atoms with E-state index in [2.05, 4.69) is 12.2 Å². The Morgan fingerprint density at radius 2 is 1.30 bits per heavy atom. The second-order valence-electron chi connectivity index (χ2n) is 11.4. The van der Waals surface area contributed by atoms with Crippen LogP contribution in [0.3, 0.4) is 0 Å². The maximum Gasteiger partial charge on any atom is 0.220 e. The van der Waals surface area contributed by atoms with Gasteiger partial charge in [0.2, 0.25) is 5.91 Å². The van der Waals surface area contributed by atoms with E-state index in [9.17, 15) is 35.4 Å². The predicted molar refractivity (Wildman–Crippen MR) is 154 cm³/mol. The van der Waals surface area contributed by atoms with E-state index in [1.165, 1.54) is 51.4 Å². The lowest BCUT2D eigenvalue weighted by atomic mass is 9.98. The van der Waals surface area contributed by atoms with Crippen molar-refractivity contribution in [1.82, 2.24) is 5.32 Å². The van der Waals surface area contributed by atoms with E-state index in [1.807, 2.05) is 6.92 Å². The molecular formula is C30H59NO9. The van der Waals surface area contributed by atoms with Gasteiger partial charge in [-0.1, -0.05) is 104 Å². The van der Waals surface area contributed by atoms with E-state index >= 15 is 0 Å². The monoisotopic (exact) mass is 577 g/mol. The van der Waals surface area contributed by atoms with Gasteiger partial charge in [0.25, 0.3) is 0 Å². The summed E-state index contributed by atoms with van der Waals surface area (Å²) in [6.45, 7) is 3.36. The highest BCUT2D eigenvalue weighted by Gasteiger charge is 2.44. The van der Waals surface area contributed by atoms with Crippen molar-refractivity contribution < 1.29 is 44.9 Å². The SMILES string of the molecule is CCCCCCCCCCCCCCC(O)C(O)C(COC1OC(CO)C(O)C(O)C1O)NC(=O)CCCCC. The summed E-state index contributed by atoms with van der Waals surface area (Å²) in [6, 6.07) is -0.978. The molecule has 0 saturated carbocycles. The molecule has 0 aliphatic carbocycles. The minimum Gasteiger partial charge on any atom is -0.394 e. The van der Waals surface area contributed by atoms with E-state index in [0.29, 0.717) is 12.8 Å². The molecule has 1 heterocycles. The van der Waals surface area contributed by atoms with Gasteiger partial charge in [-0.15, -0.1) is 0 Å². The quantitative estimate of drug-likeness (QED) is 0.0853. The van der Waals surface area contributed by atoms with Crippen LogP contribution in [0.25, 0.3) is 0 Å².